The standard InChI is InChI=1S/C31H45N5O5/c1-30(2,3)40-28(37)35(29(38)41-31(4,5)6)18-20-16-23(17-20)36-19-24(27(34-36)21-10-11-21)25-8-7-9-26(33-25)32-22-12-14-39-15-13-22/h7-9,19-23H,10-18H2,1-6H3,(H,32,33). The zero-order valence-corrected chi connectivity index (χ0v) is 25.3. The van der Waals surface area contributed by atoms with Crippen LogP contribution < -0.4 is 5.32 Å². The first-order chi connectivity index (χ1) is 19.3. The summed E-state index contributed by atoms with van der Waals surface area (Å²) < 4.78 is 18.6. The first-order valence-electron chi connectivity index (χ1n) is 15.0. The Bertz CT molecular complexity index is 1200. The molecule has 0 aromatic carbocycles. The predicted octanol–water partition coefficient (Wildman–Crippen LogP) is 6.54. The van der Waals surface area contributed by atoms with Crippen molar-refractivity contribution in [3.8, 4) is 11.3 Å². The number of imide groups is 1. The monoisotopic (exact) mass is 567 g/mol. The van der Waals surface area contributed by atoms with Gasteiger partial charge in [0, 0.05) is 43.5 Å². The zero-order chi connectivity index (χ0) is 29.4. The third-order valence-electron chi connectivity index (χ3n) is 7.58. The summed E-state index contributed by atoms with van der Waals surface area (Å²) in [6.45, 7) is 12.5. The Kier molecular flexibility index (Phi) is 8.32. The lowest BCUT2D eigenvalue weighted by molar-refractivity contribution is -0.00642. The van der Waals surface area contributed by atoms with Crippen molar-refractivity contribution in [3.05, 3.63) is 30.1 Å². The lowest BCUT2D eigenvalue weighted by Gasteiger charge is -2.38. The molecule has 3 heterocycles. The van der Waals surface area contributed by atoms with Gasteiger partial charge < -0.3 is 19.5 Å². The maximum Gasteiger partial charge on any atom is 0.419 e. The summed E-state index contributed by atoms with van der Waals surface area (Å²) in [7, 11) is 0. The Balaban J connectivity index is 1.26. The van der Waals surface area contributed by atoms with Crippen LogP contribution in [-0.4, -0.2) is 68.9 Å². The van der Waals surface area contributed by atoms with Gasteiger partial charge in [-0.05, 0) is 98.1 Å². The van der Waals surface area contributed by atoms with Gasteiger partial charge in [-0.3, -0.25) is 4.68 Å². The molecule has 2 aliphatic carbocycles. The molecule has 0 spiro atoms. The number of hydrogen-bond donors (Lipinski definition) is 1. The molecule has 41 heavy (non-hydrogen) atoms. The summed E-state index contributed by atoms with van der Waals surface area (Å²) >= 11 is 0. The lowest BCUT2D eigenvalue weighted by Crippen LogP contribution is -2.47. The molecular weight excluding hydrogens is 522 g/mol. The number of carbonyl (C=O) groups is 2. The molecule has 2 aromatic heterocycles. The van der Waals surface area contributed by atoms with Gasteiger partial charge in [0.2, 0.25) is 0 Å². The second-order valence-electron chi connectivity index (χ2n) is 13.7. The van der Waals surface area contributed by atoms with E-state index in [9.17, 15) is 9.59 Å². The van der Waals surface area contributed by atoms with Gasteiger partial charge in [0.25, 0.3) is 0 Å². The van der Waals surface area contributed by atoms with Crippen molar-refractivity contribution in [2.45, 2.75) is 109 Å². The van der Waals surface area contributed by atoms with Crippen molar-refractivity contribution in [3.63, 3.8) is 0 Å². The van der Waals surface area contributed by atoms with Crippen LogP contribution in [0.5, 0.6) is 0 Å². The molecule has 0 bridgehead atoms. The van der Waals surface area contributed by atoms with Crippen molar-refractivity contribution in [2.75, 3.05) is 25.1 Å². The Hall–Kier alpha value is -3.14. The Morgan fingerprint density at radius 1 is 1.00 bits per heavy atom. The Labute approximate surface area is 243 Å². The fourth-order valence-corrected chi connectivity index (χ4v) is 5.35. The number of anilines is 1. The number of nitrogens with zero attached hydrogens (tertiary/aromatic N) is 4. The number of hydrogen-bond acceptors (Lipinski definition) is 8. The number of nitrogens with one attached hydrogen (secondary N) is 1. The topological polar surface area (TPSA) is 108 Å². The van der Waals surface area contributed by atoms with E-state index < -0.39 is 23.4 Å². The molecule has 10 nitrogen and oxygen atoms in total. The molecule has 3 fully saturated rings. The van der Waals surface area contributed by atoms with E-state index in [1.807, 2.05) is 6.07 Å². The van der Waals surface area contributed by atoms with Gasteiger partial charge in [0.15, 0.2) is 0 Å². The average Bonchev–Trinajstić information content (AvgIpc) is 3.60. The number of amides is 2. The average molecular weight is 568 g/mol. The van der Waals surface area contributed by atoms with E-state index in [-0.39, 0.29) is 18.5 Å². The first kappa shape index (κ1) is 29.4. The molecule has 0 unspecified atom stereocenters. The molecule has 0 atom stereocenters. The van der Waals surface area contributed by atoms with Crippen molar-refractivity contribution < 1.29 is 23.8 Å². The highest BCUT2D eigenvalue weighted by Crippen LogP contribution is 2.46. The molecule has 2 saturated carbocycles. The molecule has 2 amide bonds. The maximum atomic E-state index is 12.9. The van der Waals surface area contributed by atoms with Crippen LogP contribution in [0.25, 0.3) is 11.3 Å². The van der Waals surface area contributed by atoms with Gasteiger partial charge in [-0.2, -0.15) is 5.10 Å². The fraction of sp³-hybridized carbons (Fsp3) is 0.677. The van der Waals surface area contributed by atoms with Gasteiger partial charge in [-0.25, -0.2) is 19.5 Å². The minimum atomic E-state index is -0.712. The van der Waals surface area contributed by atoms with E-state index in [1.165, 1.54) is 0 Å². The second-order valence-corrected chi connectivity index (χ2v) is 13.7. The van der Waals surface area contributed by atoms with Crippen LogP contribution in [0.15, 0.2) is 24.4 Å². The van der Waals surface area contributed by atoms with Crippen molar-refractivity contribution in [1.82, 2.24) is 19.7 Å². The molecule has 2 aromatic rings. The maximum absolute atomic E-state index is 12.9. The van der Waals surface area contributed by atoms with Crippen LogP contribution in [-0.2, 0) is 14.2 Å². The van der Waals surface area contributed by atoms with E-state index in [2.05, 4.69) is 28.3 Å². The number of pyridine rings is 1. The number of aromatic nitrogens is 3. The predicted molar refractivity (Wildman–Crippen MR) is 156 cm³/mol. The van der Waals surface area contributed by atoms with Crippen LogP contribution in [0, 0.1) is 5.92 Å². The third-order valence-corrected chi connectivity index (χ3v) is 7.58. The summed E-state index contributed by atoms with van der Waals surface area (Å²) in [5.41, 5.74) is 1.72. The van der Waals surface area contributed by atoms with E-state index >= 15 is 0 Å². The SMILES string of the molecule is CC(C)(C)OC(=O)N(CC1CC(n2cc(-c3cccc(NC4CCOCC4)n3)c(C3CC3)n2)C1)C(=O)OC(C)(C)C. The summed E-state index contributed by atoms with van der Waals surface area (Å²) in [5.74, 6) is 1.50. The largest absolute Gasteiger partial charge is 0.443 e. The fourth-order valence-electron chi connectivity index (χ4n) is 5.35. The summed E-state index contributed by atoms with van der Waals surface area (Å²) in [6, 6.07) is 6.72. The van der Waals surface area contributed by atoms with Crippen LogP contribution in [0.2, 0.25) is 0 Å². The van der Waals surface area contributed by atoms with E-state index in [0.717, 1.165) is 79.4 Å². The Morgan fingerprint density at radius 2 is 1.63 bits per heavy atom. The van der Waals surface area contributed by atoms with Gasteiger partial charge in [0.1, 0.15) is 17.0 Å². The van der Waals surface area contributed by atoms with Gasteiger partial charge in [-0.15, -0.1) is 0 Å². The third kappa shape index (κ3) is 7.78. The van der Waals surface area contributed by atoms with Crippen LogP contribution in [0.3, 0.4) is 0 Å². The molecule has 1 N–H and O–H groups in total. The van der Waals surface area contributed by atoms with E-state index in [0.29, 0.717) is 12.0 Å². The van der Waals surface area contributed by atoms with Crippen molar-refractivity contribution >= 4 is 18.0 Å². The van der Waals surface area contributed by atoms with E-state index in [4.69, 9.17) is 24.3 Å². The molecular formula is C31H45N5O5. The van der Waals surface area contributed by atoms with Crippen molar-refractivity contribution in [2.24, 2.45) is 5.92 Å². The number of rotatable bonds is 7. The molecule has 5 rings (SSSR count). The highest BCUT2D eigenvalue weighted by Gasteiger charge is 2.39. The highest BCUT2D eigenvalue weighted by atomic mass is 16.6. The lowest BCUT2D eigenvalue weighted by atomic mass is 9.80. The normalized spacial score (nSPS) is 21.6. The molecule has 0 radical (unpaired) electrons. The van der Waals surface area contributed by atoms with Gasteiger partial charge in [0.05, 0.1) is 17.4 Å². The molecule has 3 aliphatic rings. The van der Waals surface area contributed by atoms with Crippen LogP contribution in [0.1, 0.15) is 97.7 Å². The van der Waals surface area contributed by atoms with Gasteiger partial charge in [-0.1, -0.05) is 6.07 Å². The minimum Gasteiger partial charge on any atom is -0.443 e. The quantitative estimate of drug-likeness (QED) is 0.402. The van der Waals surface area contributed by atoms with Crippen molar-refractivity contribution in [1.29, 1.82) is 0 Å². The highest BCUT2D eigenvalue weighted by molar-refractivity contribution is 5.88. The van der Waals surface area contributed by atoms with Crippen LogP contribution in [0.4, 0.5) is 15.4 Å². The number of ether oxygens (including phenoxy) is 3. The first-order valence-corrected chi connectivity index (χ1v) is 15.0. The molecule has 10 heteroatoms. The second kappa shape index (κ2) is 11.6. The Morgan fingerprint density at radius 3 is 2.22 bits per heavy atom. The summed E-state index contributed by atoms with van der Waals surface area (Å²) in [6.07, 6.45) is 6.68. The molecule has 224 valence electrons. The van der Waals surface area contributed by atoms with Gasteiger partial charge >= 0.3 is 12.2 Å². The summed E-state index contributed by atoms with van der Waals surface area (Å²) in [4.78, 5) is 31.9. The number of carbonyl (C=O) groups excluding carboxylic acids is 2. The molecule has 1 saturated heterocycles. The summed E-state index contributed by atoms with van der Waals surface area (Å²) in [5, 5.41) is 8.62. The van der Waals surface area contributed by atoms with E-state index in [1.54, 1.807) is 41.5 Å². The van der Waals surface area contributed by atoms with Crippen LogP contribution >= 0.6 is 0 Å². The minimum absolute atomic E-state index is 0.141. The smallest absolute Gasteiger partial charge is 0.419 e. The molecule has 1 aliphatic heterocycles. The zero-order valence-electron chi connectivity index (χ0n) is 25.3.